The fourth-order valence-corrected chi connectivity index (χ4v) is 2.87. The van der Waals surface area contributed by atoms with Gasteiger partial charge in [-0.3, -0.25) is 0 Å². The number of nitrogens with zero attached hydrogens (tertiary/aromatic N) is 1. The van der Waals surface area contributed by atoms with Crippen molar-refractivity contribution in [1.29, 1.82) is 0 Å². The molecule has 0 bridgehead atoms. The first kappa shape index (κ1) is 17.9. The van der Waals surface area contributed by atoms with E-state index < -0.39 is 0 Å². The zero-order chi connectivity index (χ0) is 16.7. The number of hydrogen-bond donors (Lipinski definition) is 2. The van der Waals surface area contributed by atoms with Crippen molar-refractivity contribution in [3.63, 3.8) is 0 Å². The van der Waals surface area contributed by atoms with Gasteiger partial charge in [-0.15, -0.1) is 0 Å². The molecular weight excluding hydrogens is 292 g/mol. The van der Waals surface area contributed by atoms with Gasteiger partial charge in [0.05, 0.1) is 18.8 Å². The lowest BCUT2D eigenvalue weighted by atomic mass is 9.99. The molecule has 0 aliphatic carbocycles. The summed E-state index contributed by atoms with van der Waals surface area (Å²) < 4.78 is 4.68. The molecule has 1 aromatic rings. The molecule has 128 valence electrons. The van der Waals surface area contributed by atoms with E-state index in [1.165, 1.54) is 20.0 Å². The van der Waals surface area contributed by atoms with E-state index in [1.807, 2.05) is 12.1 Å². The molecule has 1 unspecified atom stereocenters. The summed E-state index contributed by atoms with van der Waals surface area (Å²) in [5.74, 6) is 0.491. The predicted octanol–water partition coefficient (Wildman–Crippen LogP) is 1.66. The number of nitrogens with one attached hydrogen (secondary N) is 1. The van der Waals surface area contributed by atoms with Crippen molar-refractivity contribution in [3.8, 4) is 0 Å². The van der Waals surface area contributed by atoms with Crippen molar-refractivity contribution in [3.05, 3.63) is 35.4 Å². The van der Waals surface area contributed by atoms with Gasteiger partial charge in [0, 0.05) is 19.6 Å². The van der Waals surface area contributed by atoms with Gasteiger partial charge in [-0.05, 0) is 49.5 Å². The van der Waals surface area contributed by atoms with Gasteiger partial charge in [0.15, 0.2) is 0 Å². The molecule has 0 amide bonds. The number of methoxy groups -OCH3 is 1. The number of benzene rings is 1. The number of hydrogen-bond acceptors (Lipinski definition) is 5. The Bertz CT molecular complexity index is 482. The van der Waals surface area contributed by atoms with Crippen LogP contribution < -0.4 is 5.32 Å². The van der Waals surface area contributed by atoms with Crippen molar-refractivity contribution in [1.82, 2.24) is 10.2 Å². The zero-order valence-corrected chi connectivity index (χ0v) is 14.1. The normalized spacial score (nSPS) is 17.9. The molecule has 1 heterocycles. The van der Waals surface area contributed by atoms with Crippen LogP contribution in [0.5, 0.6) is 0 Å². The summed E-state index contributed by atoms with van der Waals surface area (Å²) in [6.45, 7) is 6.46. The van der Waals surface area contributed by atoms with Crippen molar-refractivity contribution >= 4 is 5.97 Å². The molecular formula is C18H28N2O3. The van der Waals surface area contributed by atoms with Gasteiger partial charge in [-0.25, -0.2) is 4.79 Å². The average Bonchev–Trinajstić information content (AvgIpc) is 2.57. The van der Waals surface area contributed by atoms with E-state index in [0.717, 1.165) is 31.1 Å². The Kier molecular flexibility index (Phi) is 7.02. The predicted molar refractivity (Wildman–Crippen MR) is 90.3 cm³/mol. The molecule has 0 aromatic heterocycles. The molecule has 1 aromatic carbocycles. The molecule has 2 N–H and O–H groups in total. The number of carbonyl (C=O) groups is 1. The van der Waals surface area contributed by atoms with Crippen LogP contribution in [0.25, 0.3) is 0 Å². The van der Waals surface area contributed by atoms with Crippen LogP contribution in [0.15, 0.2) is 24.3 Å². The van der Waals surface area contributed by atoms with Crippen molar-refractivity contribution in [2.24, 2.45) is 5.92 Å². The molecule has 0 radical (unpaired) electrons. The molecule has 1 atom stereocenters. The van der Waals surface area contributed by atoms with E-state index in [1.54, 1.807) is 12.1 Å². The van der Waals surface area contributed by atoms with Crippen LogP contribution in [-0.4, -0.2) is 55.4 Å². The lowest BCUT2D eigenvalue weighted by molar-refractivity contribution is 0.0600. The number of piperidine rings is 1. The maximum absolute atomic E-state index is 11.4. The van der Waals surface area contributed by atoms with Gasteiger partial charge in [0.2, 0.25) is 0 Å². The minimum atomic E-state index is -0.349. The summed E-state index contributed by atoms with van der Waals surface area (Å²) in [6.07, 6.45) is 2.11. The second kappa shape index (κ2) is 9.01. The highest BCUT2D eigenvalue weighted by atomic mass is 16.5. The van der Waals surface area contributed by atoms with Gasteiger partial charge in [0.1, 0.15) is 0 Å². The number of aliphatic hydroxyl groups excluding tert-OH is 1. The van der Waals surface area contributed by atoms with E-state index >= 15 is 0 Å². The van der Waals surface area contributed by atoms with E-state index in [2.05, 4.69) is 21.9 Å². The standard InChI is InChI=1S/C18H28N2O3/c1-14-7-9-20(10-8-14)13-17(21)12-19-11-15-3-5-16(6-4-15)18(22)23-2/h3-6,14,17,19,21H,7-13H2,1-2H3. The van der Waals surface area contributed by atoms with E-state index in [-0.39, 0.29) is 12.1 Å². The first-order valence-corrected chi connectivity index (χ1v) is 8.37. The molecule has 1 fully saturated rings. The number of likely N-dealkylation sites (tertiary alicyclic amines) is 1. The minimum absolute atomic E-state index is 0.323. The van der Waals surface area contributed by atoms with Gasteiger partial charge >= 0.3 is 5.97 Å². The molecule has 23 heavy (non-hydrogen) atoms. The van der Waals surface area contributed by atoms with Crippen LogP contribution in [0.1, 0.15) is 35.7 Å². The molecule has 0 saturated carbocycles. The zero-order valence-electron chi connectivity index (χ0n) is 14.1. The van der Waals surface area contributed by atoms with Crippen molar-refractivity contribution in [2.75, 3.05) is 33.3 Å². The summed E-state index contributed by atoms with van der Waals surface area (Å²) in [5.41, 5.74) is 1.63. The summed E-state index contributed by atoms with van der Waals surface area (Å²) in [4.78, 5) is 13.7. The summed E-state index contributed by atoms with van der Waals surface area (Å²) in [6, 6.07) is 7.32. The fourth-order valence-electron chi connectivity index (χ4n) is 2.87. The fraction of sp³-hybridized carbons (Fsp3) is 0.611. The highest BCUT2D eigenvalue weighted by molar-refractivity contribution is 5.89. The summed E-state index contributed by atoms with van der Waals surface area (Å²) >= 11 is 0. The monoisotopic (exact) mass is 320 g/mol. The molecule has 1 aliphatic heterocycles. The molecule has 5 nitrogen and oxygen atoms in total. The second-order valence-corrected chi connectivity index (χ2v) is 6.46. The Morgan fingerprint density at radius 1 is 1.35 bits per heavy atom. The van der Waals surface area contributed by atoms with E-state index in [0.29, 0.717) is 18.7 Å². The molecule has 0 spiro atoms. The second-order valence-electron chi connectivity index (χ2n) is 6.46. The number of aliphatic hydroxyl groups is 1. The highest BCUT2D eigenvalue weighted by Gasteiger charge is 2.18. The van der Waals surface area contributed by atoms with E-state index in [9.17, 15) is 9.90 Å². The maximum Gasteiger partial charge on any atom is 0.337 e. The number of carbonyl (C=O) groups excluding carboxylic acids is 1. The van der Waals surface area contributed by atoms with Crippen LogP contribution >= 0.6 is 0 Å². The summed E-state index contributed by atoms with van der Waals surface area (Å²) in [7, 11) is 1.38. The molecule has 1 saturated heterocycles. The third-order valence-corrected chi connectivity index (χ3v) is 4.43. The van der Waals surface area contributed by atoms with Crippen LogP contribution in [0.3, 0.4) is 0 Å². The highest BCUT2D eigenvalue weighted by Crippen LogP contribution is 2.15. The Labute approximate surface area is 138 Å². The van der Waals surface area contributed by atoms with Gasteiger partial charge in [0.25, 0.3) is 0 Å². The van der Waals surface area contributed by atoms with Crippen LogP contribution in [0.2, 0.25) is 0 Å². The minimum Gasteiger partial charge on any atom is -0.465 e. The van der Waals surface area contributed by atoms with Gasteiger partial charge in [-0.2, -0.15) is 0 Å². The third-order valence-electron chi connectivity index (χ3n) is 4.43. The molecule has 2 rings (SSSR count). The SMILES string of the molecule is COC(=O)c1ccc(CNCC(O)CN2CCC(C)CC2)cc1. The quantitative estimate of drug-likeness (QED) is 0.748. The average molecular weight is 320 g/mol. The van der Waals surface area contributed by atoms with Gasteiger partial charge in [-0.1, -0.05) is 19.1 Å². The maximum atomic E-state index is 11.4. The smallest absolute Gasteiger partial charge is 0.337 e. The van der Waals surface area contributed by atoms with Crippen LogP contribution in [0, 0.1) is 5.92 Å². The Balaban J connectivity index is 1.67. The molecule has 5 heteroatoms. The molecule has 1 aliphatic rings. The third kappa shape index (κ3) is 5.94. The lowest BCUT2D eigenvalue weighted by Crippen LogP contribution is -2.41. The first-order chi connectivity index (χ1) is 11.1. The van der Waals surface area contributed by atoms with Crippen LogP contribution in [-0.2, 0) is 11.3 Å². The van der Waals surface area contributed by atoms with Crippen LogP contribution in [0.4, 0.5) is 0 Å². The van der Waals surface area contributed by atoms with Crippen molar-refractivity contribution in [2.45, 2.75) is 32.4 Å². The van der Waals surface area contributed by atoms with Crippen molar-refractivity contribution < 1.29 is 14.6 Å². The largest absolute Gasteiger partial charge is 0.465 e. The number of esters is 1. The summed E-state index contributed by atoms with van der Waals surface area (Å²) in [5, 5.41) is 13.4. The topological polar surface area (TPSA) is 61.8 Å². The Hall–Kier alpha value is -1.43. The van der Waals surface area contributed by atoms with E-state index in [4.69, 9.17) is 0 Å². The first-order valence-electron chi connectivity index (χ1n) is 8.37. The Morgan fingerprint density at radius 3 is 2.61 bits per heavy atom. The van der Waals surface area contributed by atoms with Gasteiger partial charge < -0.3 is 20.1 Å². The lowest BCUT2D eigenvalue weighted by Gasteiger charge is -2.31. The number of ether oxygens (including phenoxy) is 1. The number of β-amino-alcohol motifs (C(OH)–C–C–N with tert-alkyl or cyclic N) is 1. The number of rotatable bonds is 7. The Morgan fingerprint density at radius 2 is 2.00 bits per heavy atom.